The van der Waals surface area contributed by atoms with Crippen LogP contribution >= 0.6 is 0 Å². The molecule has 1 N–H and O–H groups in total. The molecule has 1 aliphatic rings. The Morgan fingerprint density at radius 3 is 2.87 bits per heavy atom. The highest BCUT2D eigenvalue weighted by Crippen LogP contribution is 2.30. The summed E-state index contributed by atoms with van der Waals surface area (Å²) in [5.74, 6) is 0.595. The number of fused-ring (bicyclic) bond motifs is 2. The molecule has 0 fully saturated rings. The number of hydrogen-bond donors (Lipinski definition) is 1. The minimum atomic E-state index is -0.147. The molecule has 0 saturated heterocycles. The molecule has 2 aromatic heterocycles. The number of para-hydroxylation sites is 1. The molecule has 1 amide bonds. The zero-order chi connectivity index (χ0) is 15.6. The van der Waals surface area contributed by atoms with Gasteiger partial charge >= 0.3 is 0 Å². The molecule has 0 bridgehead atoms. The average Bonchev–Trinajstić information content (AvgIpc) is 2.61. The van der Waals surface area contributed by atoms with E-state index < -0.39 is 0 Å². The summed E-state index contributed by atoms with van der Waals surface area (Å²) >= 11 is 0. The normalized spacial score (nSPS) is 16.4. The summed E-state index contributed by atoms with van der Waals surface area (Å²) in [5.41, 5.74) is 2.06. The van der Waals surface area contributed by atoms with Crippen molar-refractivity contribution in [3.63, 3.8) is 0 Å². The summed E-state index contributed by atoms with van der Waals surface area (Å²) in [7, 11) is 0. The molecule has 1 unspecified atom stereocenters. The Kier molecular flexibility index (Phi) is 3.38. The quantitative estimate of drug-likeness (QED) is 0.790. The van der Waals surface area contributed by atoms with E-state index in [4.69, 9.17) is 4.74 Å². The zero-order valence-corrected chi connectivity index (χ0v) is 12.4. The van der Waals surface area contributed by atoms with E-state index >= 15 is 0 Å². The second kappa shape index (κ2) is 5.68. The lowest BCUT2D eigenvalue weighted by molar-refractivity contribution is 0.0924. The molecule has 4 rings (SSSR count). The fourth-order valence-corrected chi connectivity index (χ4v) is 2.87. The highest BCUT2D eigenvalue weighted by atomic mass is 16.5. The molecule has 0 saturated carbocycles. The Bertz CT molecular complexity index is 874. The van der Waals surface area contributed by atoms with E-state index in [-0.39, 0.29) is 11.9 Å². The van der Waals surface area contributed by atoms with Crippen molar-refractivity contribution in [2.75, 3.05) is 6.61 Å². The predicted octanol–water partition coefficient (Wildman–Crippen LogP) is 2.88. The number of amides is 1. The van der Waals surface area contributed by atoms with Crippen LogP contribution in [0.15, 0.2) is 54.9 Å². The largest absolute Gasteiger partial charge is 0.491 e. The zero-order valence-electron chi connectivity index (χ0n) is 12.4. The summed E-state index contributed by atoms with van der Waals surface area (Å²) in [6.07, 6.45) is 4.12. The molecular formula is C18H15N3O2. The maximum Gasteiger partial charge on any atom is 0.254 e. The smallest absolute Gasteiger partial charge is 0.254 e. The molecule has 23 heavy (non-hydrogen) atoms. The van der Waals surface area contributed by atoms with Gasteiger partial charge in [-0.25, -0.2) is 0 Å². The number of nitrogens with one attached hydrogen (secondary N) is 1. The number of benzene rings is 1. The molecule has 5 heteroatoms. The average molecular weight is 305 g/mol. The van der Waals surface area contributed by atoms with E-state index in [0.29, 0.717) is 24.1 Å². The van der Waals surface area contributed by atoms with E-state index in [1.807, 2.05) is 36.4 Å². The Hall–Kier alpha value is -2.95. The number of ether oxygens (including phenoxy) is 1. The van der Waals surface area contributed by atoms with Gasteiger partial charge in [0.1, 0.15) is 11.4 Å². The lowest BCUT2D eigenvalue weighted by Gasteiger charge is -2.25. The predicted molar refractivity (Wildman–Crippen MR) is 86.3 cm³/mol. The van der Waals surface area contributed by atoms with Crippen molar-refractivity contribution in [1.82, 2.24) is 15.3 Å². The Morgan fingerprint density at radius 2 is 1.91 bits per heavy atom. The molecule has 3 heterocycles. The third-order valence-corrected chi connectivity index (χ3v) is 3.98. The molecule has 0 aliphatic carbocycles. The molecular weight excluding hydrogens is 290 g/mol. The first-order chi connectivity index (χ1) is 11.3. The summed E-state index contributed by atoms with van der Waals surface area (Å²) in [4.78, 5) is 21.4. The first kappa shape index (κ1) is 13.7. The van der Waals surface area contributed by atoms with Crippen LogP contribution in [0.2, 0.25) is 0 Å². The lowest BCUT2D eigenvalue weighted by atomic mass is 10.0. The molecule has 0 spiro atoms. The standard InChI is InChI=1S/C18H15N3O2/c22-18(13-6-1-4-12-5-2-9-19-16(12)13)21-14-8-11-23-15-7-3-10-20-17(14)15/h1-7,9-10,14H,8,11H2,(H,21,22). The molecule has 1 atom stereocenters. The van der Waals surface area contributed by atoms with Crippen LogP contribution in [0.5, 0.6) is 5.75 Å². The fraction of sp³-hybridized carbons (Fsp3) is 0.167. The van der Waals surface area contributed by atoms with Crippen molar-refractivity contribution in [2.24, 2.45) is 0 Å². The Labute approximate surface area is 133 Å². The summed E-state index contributed by atoms with van der Waals surface area (Å²) in [5, 5.41) is 4.01. The van der Waals surface area contributed by atoms with Gasteiger partial charge in [0.15, 0.2) is 0 Å². The van der Waals surface area contributed by atoms with Crippen LogP contribution in [0.25, 0.3) is 10.9 Å². The number of rotatable bonds is 2. The van der Waals surface area contributed by atoms with Gasteiger partial charge < -0.3 is 10.1 Å². The van der Waals surface area contributed by atoms with Gasteiger partial charge in [-0.3, -0.25) is 14.8 Å². The van der Waals surface area contributed by atoms with Gasteiger partial charge in [0, 0.05) is 24.2 Å². The van der Waals surface area contributed by atoms with Crippen molar-refractivity contribution in [1.29, 1.82) is 0 Å². The number of aromatic nitrogens is 2. The van der Waals surface area contributed by atoms with E-state index in [0.717, 1.165) is 16.8 Å². The van der Waals surface area contributed by atoms with Gasteiger partial charge in [-0.1, -0.05) is 18.2 Å². The Morgan fingerprint density at radius 1 is 1.09 bits per heavy atom. The highest BCUT2D eigenvalue weighted by molar-refractivity contribution is 6.05. The van der Waals surface area contributed by atoms with Crippen molar-refractivity contribution >= 4 is 16.8 Å². The monoisotopic (exact) mass is 305 g/mol. The molecule has 3 aromatic rings. The minimum absolute atomic E-state index is 0.141. The second-order valence-electron chi connectivity index (χ2n) is 5.43. The number of carbonyl (C=O) groups is 1. The topological polar surface area (TPSA) is 64.1 Å². The maximum absolute atomic E-state index is 12.7. The molecule has 1 aromatic carbocycles. The second-order valence-corrected chi connectivity index (χ2v) is 5.43. The number of nitrogens with zero attached hydrogens (tertiary/aromatic N) is 2. The summed E-state index contributed by atoms with van der Waals surface area (Å²) in [6.45, 7) is 0.567. The highest BCUT2D eigenvalue weighted by Gasteiger charge is 2.25. The van der Waals surface area contributed by atoms with Crippen LogP contribution in [-0.4, -0.2) is 22.5 Å². The van der Waals surface area contributed by atoms with Gasteiger partial charge in [-0.2, -0.15) is 0 Å². The molecule has 5 nitrogen and oxygen atoms in total. The van der Waals surface area contributed by atoms with Gasteiger partial charge in [0.05, 0.1) is 23.7 Å². The maximum atomic E-state index is 12.7. The van der Waals surface area contributed by atoms with Gasteiger partial charge in [0.2, 0.25) is 0 Å². The third-order valence-electron chi connectivity index (χ3n) is 3.98. The number of carbonyl (C=O) groups excluding carboxylic acids is 1. The van der Waals surface area contributed by atoms with Crippen molar-refractivity contribution in [3.05, 3.63) is 66.1 Å². The van der Waals surface area contributed by atoms with Crippen LogP contribution in [0.4, 0.5) is 0 Å². The molecule has 114 valence electrons. The van der Waals surface area contributed by atoms with Crippen molar-refractivity contribution in [2.45, 2.75) is 12.5 Å². The van der Waals surface area contributed by atoms with Gasteiger partial charge in [-0.05, 0) is 24.3 Å². The SMILES string of the molecule is O=C(NC1CCOc2cccnc21)c1cccc2cccnc12. The van der Waals surface area contributed by atoms with E-state index in [9.17, 15) is 4.79 Å². The Balaban J connectivity index is 1.66. The summed E-state index contributed by atoms with van der Waals surface area (Å²) < 4.78 is 5.59. The van der Waals surface area contributed by atoms with Crippen LogP contribution in [0.1, 0.15) is 28.5 Å². The minimum Gasteiger partial charge on any atom is -0.491 e. The first-order valence-corrected chi connectivity index (χ1v) is 7.55. The van der Waals surface area contributed by atoms with Crippen LogP contribution in [0.3, 0.4) is 0 Å². The van der Waals surface area contributed by atoms with Crippen LogP contribution in [-0.2, 0) is 0 Å². The van der Waals surface area contributed by atoms with Gasteiger partial charge in [0.25, 0.3) is 5.91 Å². The van der Waals surface area contributed by atoms with Crippen molar-refractivity contribution in [3.8, 4) is 5.75 Å². The third kappa shape index (κ3) is 2.50. The van der Waals surface area contributed by atoms with Crippen LogP contribution in [0, 0.1) is 0 Å². The fourth-order valence-electron chi connectivity index (χ4n) is 2.87. The van der Waals surface area contributed by atoms with E-state index in [1.54, 1.807) is 18.5 Å². The van der Waals surface area contributed by atoms with E-state index in [1.165, 1.54) is 0 Å². The number of hydrogen-bond acceptors (Lipinski definition) is 4. The van der Waals surface area contributed by atoms with Crippen molar-refractivity contribution < 1.29 is 9.53 Å². The van der Waals surface area contributed by atoms with E-state index in [2.05, 4.69) is 15.3 Å². The number of pyridine rings is 2. The molecule has 1 aliphatic heterocycles. The van der Waals surface area contributed by atoms with Crippen LogP contribution < -0.4 is 10.1 Å². The van der Waals surface area contributed by atoms with Gasteiger partial charge in [-0.15, -0.1) is 0 Å². The lowest BCUT2D eigenvalue weighted by Crippen LogP contribution is -2.33. The molecule has 0 radical (unpaired) electrons. The first-order valence-electron chi connectivity index (χ1n) is 7.55. The summed E-state index contributed by atoms with van der Waals surface area (Å²) in [6, 6.07) is 13.0.